The fraction of sp³-hybridized carbons (Fsp3) is 0.350. The summed E-state index contributed by atoms with van der Waals surface area (Å²) in [4.78, 5) is 12.3. The lowest BCUT2D eigenvalue weighted by Gasteiger charge is -2.11. The zero-order valence-corrected chi connectivity index (χ0v) is 16.8. The van der Waals surface area contributed by atoms with Crippen molar-refractivity contribution in [2.75, 3.05) is 19.9 Å². The minimum Gasteiger partial charge on any atom is -0.454 e. The molecule has 0 atom stereocenters. The fourth-order valence-corrected chi connectivity index (χ4v) is 4.26. The van der Waals surface area contributed by atoms with Gasteiger partial charge < -0.3 is 14.8 Å². The van der Waals surface area contributed by atoms with Crippen LogP contribution in [-0.4, -0.2) is 34.2 Å². The quantitative estimate of drug-likeness (QED) is 0.657. The third-order valence-corrected chi connectivity index (χ3v) is 6.05. The van der Waals surface area contributed by atoms with Crippen LogP contribution >= 0.6 is 0 Å². The van der Waals surface area contributed by atoms with Crippen LogP contribution in [-0.2, 0) is 21.2 Å². The van der Waals surface area contributed by atoms with Crippen molar-refractivity contribution in [3.05, 3.63) is 53.1 Å². The van der Waals surface area contributed by atoms with Crippen molar-refractivity contribution < 1.29 is 22.7 Å². The Labute approximate surface area is 165 Å². The smallest absolute Gasteiger partial charge is 0.240 e. The number of aryl methyl sites for hydroxylation is 3. The lowest BCUT2D eigenvalue weighted by molar-refractivity contribution is -0.121. The first-order valence-electron chi connectivity index (χ1n) is 9.07. The fourth-order valence-electron chi connectivity index (χ4n) is 2.90. The molecular formula is C20H24N2O5S. The number of hydrogen-bond donors (Lipinski definition) is 2. The Morgan fingerprint density at radius 1 is 1.04 bits per heavy atom. The van der Waals surface area contributed by atoms with E-state index in [9.17, 15) is 13.2 Å². The molecule has 150 valence electrons. The van der Waals surface area contributed by atoms with Gasteiger partial charge in [-0.3, -0.25) is 4.79 Å². The molecule has 0 aromatic heterocycles. The van der Waals surface area contributed by atoms with Crippen molar-refractivity contribution in [3.8, 4) is 11.5 Å². The van der Waals surface area contributed by atoms with E-state index in [0.29, 0.717) is 29.9 Å². The predicted octanol–water partition coefficient (Wildman–Crippen LogP) is 2.06. The number of fused-ring (bicyclic) bond motifs is 1. The van der Waals surface area contributed by atoms with Crippen LogP contribution in [0.5, 0.6) is 11.5 Å². The largest absolute Gasteiger partial charge is 0.454 e. The van der Waals surface area contributed by atoms with Crippen LogP contribution in [0.4, 0.5) is 0 Å². The molecule has 0 unspecified atom stereocenters. The lowest BCUT2D eigenvalue weighted by atomic mass is 10.1. The molecule has 2 N–H and O–H groups in total. The van der Waals surface area contributed by atoms with Crippen LogP contribution in [0.1, 0.15) is 23.1 Å². The number of carbonyl (C=O) groups is 1. The molecule has 0 saturated heterocycles. The molecule has 7 nitrogen and oxygen atoms in total. The average molecular weight is 404 g/mol. The normalized spacial score (nSPS) is 12.8. The maximum absolute atomic E-state index is 12.4. The van der Waals surface area contributed by atoms with Crippen LogP contribution in [0, 0.1) is 13.8 Å². The van der Waals surface area contributed by atoms with Crippen LogP contribution in [0.3, 0.4) is 0 Å². The molecule has 1 amide bonds. The van der Waals surface area contributed by atoms with Crippen LogP contribution in [0.2, 0.25) is 0 Å². The molecule has 0 bridgehead atoms. The van der Waals surface area contributed by atoms with Gasteiger partial charge in [-0.2, -0.15) is 0 Å². The second-order valence-electron chi connectivity index (χ2n) is 6.70. The molecule has 0 aliphatic carbocycles. The molecule has 0 saturated carbocycles. The molecule has 1 aliphatic rings. The van der Waals surface area contributed by atoms with Gasteiger partial charge in [-0.05, 0) is 55.2 Å². The van der Waals surface area contributed by atoms with E-state index >= 15 is 0 Å². The molecule has 3 rings (SSSR count). The molecule has 0 radical (unpaired) electrons. The van der Waals surface area contributed by atoms with Crippen molar-refractivity contribution in [1.82, 2.24) is 10.0 Å². The topological polar surface area (TPSA) is 93.7 Å². The van der Waals surface area contributed by atoms with Gasteiger partial charge in [0.15, 0.2) is 11.5 Å². The number of ether oxygens (including phenoxy) is 2. The van der Waals surface area contributed by atoms with Gasteiger partial charge in [-0.25, -0.2) is 13.1 Å². The zero-order valence-electron chi connectivity index (χ0n) is 15.9. The highest BCUT2D eigenvalue weighted by atomic mass is 32.2. The van der Waals surface area contributed by atoms with Crippen LogP contribution < -0.4 is 19.5 Å². The summed E-state index contributed by atoms with van der Waals surface area (Å²) in [6.07, 6.45) is 0.875. The number of sulfonamides is 1. The maximum atomic E-state index is 12.4. The van der Waals surface area contributed by atoms with Gasteiger partial charge in [0.05, 0.1) is 4.90 Å². The van der Waals surface area contributed by atoms with Crippen LogP contribution in [0.25, 0.3) is 0 Å². The van der Waals surface area contributed by atoms with Crippen molar-refractivity contribution >= 4 is 15.9 Å². The van der Waals surface area contributed by atoms with Crippen molar-refractivity contribution in [2.24, 2.45) is 0 Å². The number of carbonyl (C=O) groups excluding carboxylic acids is 1. The van der Waals surface area contributed by atoms with Gasteiger partial charge in [0.2, 0.25) is 22.7 Å². The first kappa shape index (κ1) is 20.2. The Hall–Kier alpha value is -2.58. The van der Waals surface area contributed by atoms with E-state index in [1.54, 1.807) is 19.1 Å². The Balaban J connectivity index is 1.42. The summed E-state index contributed by atoms with van der Waals surface area (Å²) < 4.78 is 37.9. The minimum absolute atomic E-state index is 0.130. The second kappa shape index (κ2) is 8.62. The van der Waals surface area contributed by atoms with Crippen LogP contribution in [0.15, 0.2) is 41.3 Å². The van der Waals surface area contributed by atoms with Gasteiger partial charge in [0.1, 0.15) is 0 Å². The summed E-state index contributed by atoms with van der Waals surface area (Å²) in [5.74, 6) is 1.27. The van der Waals surface area contributed by atoms with E-state index in [1.807, 2.05) is 31.2 Å². The van der Waals surface area contributed by atoms with Gasteiger partial charge in [-0.1, -0.05) is 18.2 Å². The summed E-state index contributed by atoms with van der Waals surface area (Å²) in [6.45, 7) is 4.18. The summed E-state index contributed by atoms with van der Waals surface area (Å²) in [5, 5.41) is 2.73. The summed E-state index contributed by atoms with van der Waals surface area (Å²) >= 11 is 0. The third kappa shape index (κ3) is 5.02. The molecule has 2 aromatic carbocycles. The molecule has 0 fully saturated rings. The number of benzene rings is 2. The Morgan fingerprint density at radius 2 is 1.82 bits per heavy atom. The molecular weight excluding hydrogens is 380 g/mol. The summed E-state index contributed by atoms with van der Waals surface area (Å²) in [6, 6.07) is 10.9. The Bertz CT molecular complexity index is 973. The average Bonchev–Trinajstić information content (AvgIpc) is 3.13. The standard InChI is InChI=1S/C20H24N2O5S/c1-14-3-4-15(2)19(11-14)28(24,25)22-10-9-21-20(23)8-6-16-5-7-17-18(12-16)27-13-26-17/h3-5,7,11-12,22H,6,8-10,13H2,1-2H3,(H,21,23). The summed E-state index contributed by atoms with van der Waals surface area (Å²) in [7, 11) is -3.60. The minimum atomic E-state index is -3.60. The number of rotatable bonds is 8. The van der Waals surface area contributed by atoms with Gasteiger partial charge in [0.25, 0.3) is 0 Å². The second-order valence-corrected chi connectivity index (χ2v) is 8.44. The molecule has 1 heterocycles. The van der Waals surface area contributed by atoms with Crippen molar-refractivity contribution in [1.29, 1.82) is 0 Å². The molecule has 0 spiro atoms. The van der Waals surface area contributed by atoms with E-state index in [0.717, 1.165) is 11.1 Å². The van der Waals surface area contributed by atoms with Gasteiger partial charge >= 0.3 is 0 Å². The SMILES string of the molecule is Cc1ccc(C)c(S(=O)(=O)NCCNC(=O)CCc2ccc3c(c2)OCO3)c1. The predicted molar refractivity (Wildman–Crippen MR) is 105 cm³/mol. The number of amides is 1. The highest BCUT2D eigenvalue weighted by Crippen LogP contribution is 2.32. The summed E-state index contributed by atoms with van der Waals surface area (Å²) in [5.41, 5.74) is 2.55. The first-order valence-corrected chi connectivity index (χ1v) is 10.6. The highest BCUT2D eigenvalue weighted by Gasteiger charge is 2.16. The lowest BCUT2D eigenvalue weighted by Crippen LogP contribution is -2.35. The Morgan fingerprint density at radius 3 is 2.64 bits per heavy atom. The van der Waals surface area contributed by atoms with E-state index in [-0.39, 0.29) is 30.7 Å². The van der Waals surface area contributed by atoms with E-state index in [4.69, 9.17) is 9.47 Å². The molecule has 28 heavy (non-hydrogen) atoms. The van der Waals surface area contributed by atoms with E-state index < -0.39 is 10.0 Å². The maximum Gasteiger partial charge on any atom is 0.240 e. The van der Waals surface area contributed by atoms with Crippen molar-refractivity contribution in [2.45, 2.75) is 31.6 Å². The third-order valence-electron chi connectivity index (χ3n) is 4.45. The van der Waals surface area contributed by atoms with Gasteiger partial charge in [-0.15, -0.1) is 0 Å². The monoisotopic (exact) mass is 404 g/mol. The van der Waals surface area contributed by atoms with E-state index in [1.165, 1.54) is 0 Å². The zero-order chi connectivity index (χ0) is 20.1. The highest BCUT2D eigenvalue weighted by molar-refractivity contribution is 7.89. The molecule has 8 heteroatoms. The van der Waals surface area contributed by atoms with Crippen molar-refractivity contribution in [3.63, 3.8) is 0 Å². The molecule has 2 aromatic rings. The molecule has 1 aliphatic heterocycles. The number of nitrogens with one attached hydrogen (secondary N) is 2. The van der Waals surface area contributed by atoms with Gasteiger partial charge in [0, 0.05) is 19.5 Å². The first-order chi connectivity index (χ1) is 13.3. The number of hydrogen-bond acceptors (Lipinski definition) is 5. The van der Waals surface area contributed by atoms with E-state index in [2.05, 4.69) is 10.0 Å². The Kier molecular flexibility index (Phi) is 6.21.